The first-order valence-corrected chi connectivity index (χ1v) is 7.55. The van der Waals surface area contributed by atoms with Gasteiger partial charge in [0.15, 0.2) is 0 Å². The highest BCUT2D eigenvalue weighted by Gasteiger charge is 2.21. The Kier molecular flexibility index (Phi) is 7.49. The standard InChI is InChI=1S/C17H25N3O/c1-14(8-6-9-15(2)19)17(21)20(13-7-12-18)16-10-4-3-5-11-16/h3-5,10-11,14-15H,6-9,13,19H2,1-2H3. The summed E-state index contributed by atoms with van der Waals surface area (Å²) in [6, 6.07) is 11.8. The number of para-hydroxylation sites is 1. The van der Waals surface area contributed by atoms with Gasteiger partial charge in [-0.1, -0.05) is 31.5 Å². The number of amides is 1. The topological polar surface area (TPSA) is 70.1 Å². The van der Waals surface area contributed by atoms with Gasteiger partial charge in [0.05, 0.1) is 12.5 Å². The van der Waals surface area contributed by atoms with Crippen LogP contribution >= 0.6 is 0 Å². The summed E-state index contributed by atoms with van der Waals surface area (Å²) in [6.45, 7) is 4.37. The highest BCUT2D eigenvalue weighted by molar-refractivity contribution is 5.94. The minimum atomic E-state index is -0.0531. The molecule has 2 N–H and O–H groups in total. The number of nitrogens with zero attached hydrogens (tertiary/aromatic N) is 2. The molecule has 2 atom stereocenters. The molecule has 2 unspecified atom stereocenters. The van der Waals surface area contributed by atoms with Gasteiger partial charge >= 0.3 is 0 Å². The van der Waals surface area contributed by atoms with Crippen molar-refractivity contribution in [3.63, 3.8) is 0 Å². The Morgan fingerprint density at radius 1 is 1.29 bits per heavy atom. The number of hydrogen-bond donors (Lipinski definition) is 1. The fraction of sp³-hybridized carbons (Fsp3) is 0.529. The molecule has 4 heteroatoms. The normalized spacial score (nSPS) is 13.2. The molecule has 114 valence electrons. The summed E-state index contributed by atoms with van der Waals surface area (Å²) in [5, 5.41) is 8.78. The predicted molar refractivity (Wildman–Crippen MR) is 85.7 cm³/mol. The third kappa shape index (κ3) is 5.97. The molecule has 0 aliphatic heterocycles. The van der Waals surface area contributed by atoms with Gasteiger partial charge in [-0.2, -0.15) is 5.26 Å². The zero-order valence-corrected chi connectivity index (χ0v) is 13.0. The van der Waals surface area contributed by atoms with Gasteiger partial charge in [0.25, 0.3) is 0 Å². The molecule has 0 saturated carbocycles. The van der Waals surface area contributed by atoms with Crippen molar-refractivity contribution in [3.8, 4) is 6.07 Å². The van der Waals surface area contributed by atoms with Gasteiger partial charge in [0.1, 0.15) is 0 Å². The van der Waals surface area contributed by atoms with Gasteiger partial charge in [-0.25, -0.2) is 0 Å². The Morgan fingerprint density at radius 2 is 1.95 bits per heavy atom. The van der Waals surface area contributed by atoms with Gasteiger partial charge in [0, 0.05) is 24.2 Å². The number of benzene rings is 1. The minimum absolute atomic E-state index is 0.0531. The number of rotatable bonds is 8. The first-order valence-electron chi connectivity index (χ1n) is 7.55. The van der Waals surface area contributed by atoms with Crippen molar-refractivity contribution in [2.75, 3.05) is 11.4 Å². The Balaban J connectivity index is 2.69. The van der Waals surface area contributed by atoms with Crippen LogP contribution in [0.4, 0.5) is 5.69 Å². The van der Waals surface area contributed by atoms with Crippen molar-refractivity contribution >= 4 is 11.6 Å². The summed E-state index contributed by atoms with van der Waals surface area (Å²) in [5.41, 5.74) is 6.60. The quantitative estimate of drug-likeness (QED) is 0.798. The molecule has 4 nitrogen and oxygen atoms in total. The van der Waals surface area contributed by atoms with Crippen molar-refractivity contribution in [2.45, 2.75) is 45.6 Å². The van der Waals surface area contributed by atoms with Crippen LogP contribution in [0, 0.1) is 17.2 Å². The SMILES string of the molecule is CC(N)CCCC(C)C(=O)N(CCC#N)c1ccccc1. The average Bonchev–Trinajstić information content (AvgIpc) is 2.48. The van der Waals surface area contributed by atoms with E-state index in [9.17, 15) is 4.79 Å². The molecular weight excluding hydrogens is 262 g/mol. The monoisotopic (exact) mass is 287 g/mol. The van der Waals surface area contributed by atoms with Gasteiger partial charge in [0.2, 0.25) is 5.91 Å². The minimum Gasteiger partial charge on any atom is -0.328 e. The van der Waals surface area contributed by atoms with Gasteiger partial charge < -0.3 is 10.6 Å². The molecule has 0 saturated heterocycles. The first kappa shape index (κ1) is 17.2. The molecule has 1 aromatic rings. The number of nitrogens with two attached hydrogens (primary N) is 1. The Morgan fingerprint density at radius 3 is 2.52 bits per heavy atom. The van der Waals surface area contributed by atoms with E-state index in [0.29, 0.717) is 13.0 Å². The van der Waals surface area contributed by atoms with E-state index in [1.54, 1.807) is 4.90 Å². The van der Waals surface area contributed by atoms with E-state index < -0.39 is 0 Å². The summed E-state index contributed by atoms with van der Waals surface area (Å²) in [6.07, 6.45) is 3.05. The predicted octanol–water partition coefficient (Wildman–Crippen LogP) is 3.09. The van der Waals surface area contributed by atoms with Gasteiger partial charge in [-0.05, 0) is 31.9 Å². The Labute approximate surface area is 127 Å². The third-order valence-corrected chi connectivity index (χ3v) is 3.50. The molecule has 0 bridgehead atoms. The van der Waals surface area contributed by atoms with Crippen molar-refractivity contribution in [2.24, 2.45) is 11.7 Å². The van der Waals surface area contributed by atoms with Crippen molar-refractivity contribution in [1.82, 2.24) is 0 Å². The second kappa shape index (κ2) is 9.15. The number of nitriles is 1. The molecule has 0 radical (unpaired) electrons. The summed E-state index contributed by atoms with van der Waals surface area (Å²) in [7, 11) is 0. The van der Waals surface area contributed by atoms with Crippen LogP contribution in [0.1, 0.15) is 39.5 Å². The molecule has 0 heterocycles. The third-order valence-electron chi connectivity index (χ3n) is 3.50. The van der Waals surface area contributed by atoms with E-state index in [2.05, 4.69) is 6.07 Å². The maximum absolute atomic E-state index is 12.6. The molecule has 1 amide bonds. The molecule has 0 aliphatic rings. The fourth-order valence-corrected chi connectivity index (χ4v) is 2.27. The molecule has 0 fully saturated rings. The van der Waals surface area contributed by atoms with E-state index in [1.807, 2.05) is 44.2 Å². The van der Waals surface area contributed by atoms with Gasteiger partial charge in [-0.3, -0.25) is 4.79 Å². The summed E-state index contributed by atoms with van der Waals surface area (Å²) < 4.78 is 0. The zero-order chi connectivity index (χ0) is 15.7. The first-order chi connectivity index (χ1) is 10.1. The van der Waals surface area contributed by atoms with Crippen LogP contribution in [0.3, 0.4) is 0 Å². The molecule has 0 aliphatic carbocycles. The fourth-order valence-electron chi connectivity index (χ4n) is 2.27. The van der Waals surface area contributed by atoms with E-state index in [0.717, 1.165) is 24.9 Å². The second-order valence-electron chi connectivity index (χ2n) is 5.54. The van der Waals surface area contributed by atoms with Crippen LogP contribution in [0.2, 0.25) is 0 Å². The lowest BCUT2D eigenvalue weighted by atomic mass is 10.0. The van der Waals surface area contributed by atoms with E-state index in [-0.39, 0.29) is 17.9 Å². The van der Waals surface area contributed by atoms with Crippen LogP contribution in [-0.4, -0.2) is 18.5 Å². The second-order valence-corrected chi connectivity index (χ2v) is 5.54. The highest BCUT2D eigenvalue weighted by Crippen LogP contribution is 2.19. The van der Waals surface area contributed by atoms with Gasteiger partial charge in [-0.15, -0.1) is 0 Å². The van der Waals surface area contributed by atoms with Crippen molar-refractivity contribution in [3.05, 3.63) is 30.3 Å². The van der Waals surface area contributed by atoms with Crippen LogP contribution in [0.15, 0.2) is 30.3 Å². The van der Waals surface area contributed by atoms with E-state index >= 15 is 0 Å². The zero-order valence-electron chi connectivity index (χ0n) is 13.0. The van der Waals surface area contributed by atoms with Crippen LogP contribution in [0.5, 0.6) is 0 Å². The van der Waals surface area contributed by atoms with Crippen molar-refractivity contribution in [1.29, 1.82) is 5.26 Å². The van der Waals surface area contributed by atoms with Crippen LogP contribution < -0.4 is 10.6 Å². The lowest BCUT2D eigenvalue weighted by molar-refractivity contribution is -0.122. The lowest BCUT2D eigenvalue weighted by Gasteiger charge is -2.25. The van der Waals surface area contributed by atoms with E-state index in [4.69, 9.17) is 11.0 Å². The summed E-state index contributed by atoms with van der Waals surface area (Å²) >= 11 is 0. The number of hydrogen-bond acceptors (Lipinski definition) is 3. The van der Waals surface area contributed by atoms with Crippen LogP contribution in [-0.2, 0) is 4.79 Å². The largest absolute Gasteiger partial charge is 0.328 e. The Bertz CT molecular complexity index is 465. The summed E-state index contributed by atoms with van der Waals surface area (Å²) in [4.78, 5) is 14.3. The summed E-state index contributed by atoms with van der Waals surface area (Å²) in [5.74, 6) is 0.0313. The molecule has 21 heavy (non-hydrogen) atoms. The molecule has 0 spiro atoms. The molecule has 0 aromatic heterocycles. The average molecular weight is 287 g/mol. The Hall–Kier alpha value is -1.86. The van der Waals surface area contributed by atoms with Crippen LogP contribution in [0.25, 0.3) is 0 Å². The smallest absolute Gasteiger partial charge is 0.229 e. The number of carbonyl (C=O) groups excluding carboxylic acids is 1. The number of anilines is 1. The van der Waals surface area contributed by atoms with Crippen molar-refractivity contribution < 1.29 is 4.79 Å². The van der Waals surface area contributed by atoms with E-state index in [1.165, 1.54) is 0 Å². The molecular formula is C17H25N3O. The number of carbonyl (C=O) groups is 1. The lowest BCUT2D eigenvalue weighted by Crippen LogP contribution is -2.36. The highest BCUT2D eigenvalue weighted by atomic mass is 16.2. The molecule has 1 aromatic carbocycles. The maximum atomic E-state index is 12.6. The maximum Gasteiger partial charge on any atom is 0.229 e. The molecule has 1 rings (SSSR count).